The Balaban J connectivity index is 1.86. The molecule has 6 nitrogen and oxygen atoms in total. The smallest absolute Gasteiger partial charge is 0.236 e. The number of hydrogen-bond acceptors (Lipinski definition) is 4. The molecule has 0 saturated heterocycles. The van der Waals surface area contributed by atoms with Crippen LogP contribution in [0.5, 0.6) is 5.75 Å². The third-order valence-electron chi connectivity index (χ3n) is 4.62. The minimum absolute atomic E-state index is 0.0160. The van der Waals surface area contributed by atoms with Gasteiger partial charge < -0.3 is 10.1 Å². The highest BCUT2D eigenvalue weighted by Crippen LogP contribution is 2.24. The molecule has 146 valence electrons. The van der Waals surface area contributed by atoms with Crippen LogP contribution in [0.4, 0.5) is 5.69 Å². The van der Waals surface area contributed by atoms with Gasteiger partial charge in [0.1, 0.15) is 5.75 Å². The maximum absolute atomic E-state index is 12.5. The highest BCUT2D eigenvalue weighted by atomic mass is 32.2. The van der Waals surface area contributed by atoms with E-state index in [1.165, 1.54) is 17.8 Å². The topological polar surface area (TPSA) is 75.7 Å². The molecular formula is C19H30N2O4S. The summed E-state index contributed by atoms with van der Waals surface area (Å²) in [5.41, 5.74) is 0.569. The van der Waals surface area contributed by atoms with E-state index in [0.717, 1.165) is 25.7 Å². The second-order valence-electron chi connectivity index (χ2n) is 7.07. The van der Waals surface area contributed by atoms with Gasteiger partial charge in [0.15, 0.2) is 0 Å². The van der Waals surface area contributed by atoms with E-state index in [-0.39, 0.29) is 30.2 Å². The third-order valence-corrected chi connectivity index (χ3v) is 6.39. The summed E-state index contributed by atoms with van der Waals surface area (Å²) in [6.07, 6.45) is 5.22. The summed E-state index contributed by atoms with van der Waals surface area (Å²) in [4.78, 5) is 12.1. The van der Waals surface area contributed by atoms with Crippen LogP contribution in [0, 0.1) is 5.92 Å². The van der Waals surface area contributed by atoms with Crippen LogP contribution in [0.2, 0.25) is 0 Å². The summed E-state index contributed by atoms with van der Waals surface area (Å²) in [7, 11) is -1.97. The van der Waals surface area contributed by atoms with Crippen molar-refractivity contribution in [1.29, 1.82) is 0 Å². The van der Waals surface area contributed by atoms with Crippen molar-refractivity contribution < 1.29 is 17.9 Å². The quantitative estimate of drug-likeness (QED) is 0.750. The molecule has 7 heteroatoms. The second-order valence-corrected chi connectivity index (χ2v) is 9.19. The number of nitrogens with zero attached hydrogens (tertiary/aromatic N) is 1. The number of anilines is 1. The molecule has 0 spiro atoms. The molecule has 1 amide bonds. The molecule has 1 aromatic carbocycles. The number of rotatable bonds is 8. The Hall–Kier alpha value is -1.76. The molecule has 2 rings (SSSR count). The van der Waals surface area contributed by atoms with Crippen LogP contribution < -0.4 is 14.4 Å². The van der Waals surface area contributed by atoms with E-state index >= 15 is 0 Å². The maximum Gasteiger partial charge on any atom is 0.236 e. The first-order chi connectivity index (χ1) is 12.3. The number of ether oxygens (including phenoxy) is 1. The van der Waals surface area contributed by atoms with Gasteiger partial charge in [-0.3, -0.25) is 9.10 Å². The predicted molar refractivity (Wildman–Crippen MR) is 104 cm³/mol. The lowest BCUT2D eigenvalue weighted by Gasteiger charge is -2.22. The fourth-order valence-corrected chi connectivity index (χ4v) is 4.19. The van der Waals surface area contributed by atoms with Gasteiger partial charge in [0.2, 0.25) is 15.9 Å². The molecule has 0 heterocycles. The van der Waals surface area contributed by atoms with Crippen LogP contribution in [0.1, 0.15) is 46.0 Å². The Morgan fingerprint density at radius 2 is 1.81 bits per heavy atom. The van der Waals surface area contributed by atoms with Crippen LogP contribution in [0.3, 0.4) is 0 Å². The van der Waals surface area contributed by atoms with Crippen molar-refractivity contribution >= 4 is 21.6 Å². The molecule has 0 radical (unpaired) electrons. The van der Waals surface area contributed by atoms with Crippen molar-refractivity contribution in [1.82, 2.24) is 5.32 Å². The minimum Gasteiger partial charge on any atom is -0.491 e. The van der Waals surface area contributed by atoms with Crippen molar-refractivity contribution in [3.8, 4) is 5.75 Å². The molecule has 0 unspecified atom stereocenters. The number of benzene rings is 1. The maximum atomic E-state index is 12.5. The van der Waals surface area contributed by atoms with Crippen molar-refractivity contribution in [2.75, 3.05) is 23.7 Å². The Kier molecular flexibility index (Phi) is 7.32. The van der Waals surface area contributed by atoms with Crippen molar-refractivity contribution in [3.05, 3.63) is 24.3 Å². The molecular weight excluding hydrogens is 352 g/mol. The Bertz CT molecular complexity index is 680. The first-order valence-corrected chi connectivity index (χ1v) is 10.9. The number of amides is 1. The van der Waals surface area contributed by atoms with Crippen LogP contribution >= 0.6 is 0 Å². The summed E-state index contributed by atoms with van der Waals surface area (Å²) in [5.74, 6) is 0.608. The molecule has 0 aromatic heterocycles. The van der Waals surface area contributed by atoms with E-state index in [9.17, 15) is 13.2 Å². The van der Waals surface area contributed by atoms with Gasteiger partial charge in [-0.25, -0.2) is 8.42 Å². The SMILES string of the molecule is CC(C)Oc1ccc(N(C)S(=O)(=O)CCNC(=O)C2CCCCC2)cc1. The zero-order valence-corrected chi connectivity index (χ0v) is 16.7. The molecule has 26 heavy (non-hydrogen) atoms. The largest absolute Gasteiger partial charge is 0.491 e. The van der Waals surface area contributed by atoms with Crippen LogP contribution in [0.25, 0.3) is 0 Å². The zero-order valence-electron chi connectivity index (χ0n) is 15.9. The van der Waals surface area contributed by atoms with Gasteiger partial charge in [-0.15, -0.1) is 0 Å². The number of nitrogens with one attached hydrogen (secondary N) is 1. The normalized spacial score (nSPS) is 15.7. The predicted octanol–water partition coefficient (Wildman–Crippen LogP) is 2.94. The third kappa shape index (κ3) is 5.90. The van der Waals surface area contributed by atoms with Gasteiger partial charge in [-0.2, -0.15) is 0 Å². The summed E-state index contributed by atoms with van der Waals surface area (Å²) in [6, 6.07) is 6.95. The summed E-state index contributed by atoms with van der Waals surface area (Å²) in [5, 5.41) is 2.78. The van der Waals surface area contributed by atoms with Gasteiger partial charge in [0, 0.05) is 19.5 Å². The van der Waals surface area contributed by atoms with Crippen molar-refractivity contribution in [2.24, 2.45) is 5.92 Å². The lowest BCUT2D eigenvalue weighted by atomic mass is 9.89. The van der Waals surface area contributed by atoms with Crippen LogP contribution in [0.15, 0.2) is 24.3 Å². The first-order valence-electron chi connectivity index (χ1n) is 9.30. The van der Waals surface area contributed by atoms with Crippen molar-refractivity contribution in [2.45, 2.75) is 52.1 Å². The average molecular weight is 383 g/mol. The lowest BCUT2D eigenvalue weighted by Crippen LogP contribution is -2.38. The lowest BCUT2D eigenvalue weighted by molar-refractivity contribution is -0.125. The van der Waals surface area contributed by atoms with Gasteiger partial charge in [0.05, 0.1) is 17.5 Å². The second kappa shape index (κ2) is 9.26. The Morgan fingerprint density at radius 3 is 2.38 bits per heavy atom. The summed E-state index contributed by atoms with van der Waals surface area (Å²) < 4.78 is 31.8. The number of hydrogen-bond donors (Lipinski definition) is 1. The molecule has 1 N–H and O–H groups in total. The van der Waals surface area contributed by atoms with E-state index in [4.69, 9.17) is 4.74 Å². The molecule has 1 aliphatic rings. The standard InChI is InChI=1S/C19H30N2O4S/c1-15(2)25-18-11-9-17(10-12-18)21(3)26(23,24)14-13-20-19(22)16-7-5-4-6-8-16/h9-12,15-16H,4-8,13-14H2,1-3H3,(H,20,22). The van der Waals surface area contributed by atoms with Gasteiger partial charge in [-0.1, -0.05) is 19.3 Å². The fraction of sp³-hybridized carbons (Fsp3) is 0.632. The zero-order chi connectivity index (χ0) is 19.2. The Labute approximate surface area is 157 Å². The number of sulfonamides is 1. The fourth-order valence-electron chi connectivity index (χ4n) is 3.12. The number of carbonyl (C=O) groups is 1. The van der Waals surface area contributed by atoms with E-state index < -0.39 is 10.0 Å². The van der Waals surface area contributed by atoms with E-state index in [0.29, 0.717) is 11.4 Å². The van der Waals surface area contributed by atoms with Gasteiger partial charge in [-0.05, 0) is 51.0 Å². The highest BCUT2D eigenvalue weighted by Gasteiger charge is 2.22. The van der Waals surface area contributed by atoms with E-state index in [2.05, 4.69) is 5.32 Å². The monoisotopic (exact) mass is 382 g/mol. The Morgan fingerprint density at radius 1 is 1.19 bits per heavy atom. The molecule has 1 aromatic rings. The van der Waals surface area contributed by atoms with Gasteiger partial charge in [0.25, 0.3) is 0 Å². The highest BCUT2D eigenvalue weighted by molar-refractivity contribution is 7.92. The van der Waals surface area contributed by atoms with E-state index in [1.54, 1.807) is 24.3 Å². The average Bonchev–Trinajstić information content (AvgIpc) is 2.61. The van der Waals surface area contributed by atoms with Crippen LogP contribution in [-0.2, 0) is 14.8 Å². The van der Waals surface area contributed by atoms with Crippen LogP contribution in [-0.4, -0.2) is 39.8 Å². The molecule has 1 aliphatic carbocycles. The molecule has 0 aliphatic heterocycles. The van der Waals surface area contributed by atoms with Crippen molar-refractivity contribution in [3.63, 3.8) is 0 Å². The first kappa shape index (κ1) is 20.6. The summed E-state index contributed by atoms with van der Waals surface area (Å²) >= 11 is 0. The number of carbonyl (C=O) groups excluding carboxylic acids is 1. The summed E-state index contributed by atoms with van der Waals surface area (Å²) in [6.45, 7) is 4.01. The molecule has 1 fully saturated rings. The molecule has 0 atom stereocenters. The van der Waals surface area contributed by atoms with Gasteiger partial charge >= 0.3 is 0 Å². The molecule has 1 saturated carbocycles. The minimum atomic E-state index is -3.50. The molecule has 0 bridgehead atoms. The van der Waals surface area contributed by atoms with E-state index in [1.807, 2.05) is 13.8 Å².